The average Bonchev–Trinajstić information content (AvgIpc) is 2.38. The van der Waals surface area contributed by atoms with E-state index in [0.29, 0.717) is 13.2 Å². The summed E-state index contributed by atoms with van der Waals surface area (Å²) in [6.07, 6.45) is 5.50. The Hall–Kier alpha value is -1.26. The molecule has 0 fully saturated rings. The average molecular weight is 324 g/mol. The smallest absolute Gasteiger partial charge is 0.124 e. The fourth-order valence-electron chi connectivity index (χ4n) is 1.81. The summed E-state index contributed by atoms with van der Waals surface area (Å²) in [5.74, 6) is -0.246. The van der Waals surface area contributed by atoms with E-state index < -0.39 is 0 Å². The number of aromatic nitrogens is 1. The maximum absolute atomic E-state index is 13.1. The summed E-state index contributed by atoms with van der Waals surface area (Å²) in [4.78, 5) is 3.97. The van der Waals surface area contributed by atoms with Gasteiger partial charge in [-0.2, -0.15) is 0 Å². The molecule has 0 radical (unpaired) electrons. The van der Waals surface area contributed by atoms with Crippen molar-refractivity contribution >= 4 is 15.9 Å². The molecule has 0 N–H and O–H groups in total. The Kier molecular flexibility index (Phi) is 5.48. The highest BCUT2D eigenvalue weighted by Gasteiger charge is 1.99. The van der Waals surface area contributed by atoms with Gasteiger partial charge in [0.1, 0.15) is 5.82 Å². The van der Waals surface area contributed by atoms with Gasteiger partial charge in [0, 0.05) is 23.5 Å². The van der Waals surface area contributed by atoms with Gasteiger partial charge in [-0.05, 0) is 54.3 Å². The van der Waals surface area contributed by atoms with Gasteiger partial charge in [0.25, 0.3) is 0 Å². The molecule has 0 unspecified atom stereocenters. The van der Waals surface area contributed by atoms with Crippen LogP contribution in [0.25, 0.3) is 0 Å². The Balaban J connectivity index is 1.69. The standard InChI is InChI=1S/C15H15BrFNO/c16-14-8-13(9-15(17)10-14)11-19-7-1-2-12-3-5-18-6-4-12/h3-6,8-10H,1-2,7,11H2. The Bertz CT molecular complexity index is 499. The molecular weight excluding hydrogens is 309 g/mol. The van der Waals surface area contributed by atoms with Gasteiger partial charge in [-0.25, -0.2) is 4.39 Å². The van der Waals surface area contributed by atoms with Gasteiger partial charge in [0.05, 0.1) is 6.61 Å². The maximum atomic E-state index is 13.1. The van der Waals surface area contributed by atoms with Crippen LogP contribution in [0.2, 0.25) is 0 Å². The first kappa shape index (κ1) is 14.2. The van der Waals surface area contributed by atoms with Crippen molar-refractivity contribution in [3.8, 4) is 0 Å². The molecule has 2 nitrogen and oxygen atoms in total. The topological polar surface area (TPSA) is 22.1 Å². The molecule has 0 aliphatic rings. The molecule has 0 bridgehead atoms. The first-order valence-corrected chi connectivity index (χ1v) is 6.95. The second-order valence-electron chi connectivity index (χ2n) is 4.29. The van der Waals surface area contributed by atoms with Crippen molar-refractivity contribution in [2.75, 3.05) is 6.61 Å². The molecule has 0 aliphatic heterocycles. The largest absolute Gasteiger partial charge is 0.377 e. The normalized spacial score (nSPS) is 10.6. The molecule has 0 atom stereocenters. The van der Waals surface area contributed by atoms with E-state index in [4.69, 9.17) is 4.74 Å². The predicted octanol–water partition coefficient (Wildman–Crippen LogP) is 4.13. The molecule has 1 heterocycles. The van der Waals surface area contributed by atoms with Gasteiger partial charge < -0.3 is 4.74 Å². The minimum atomic E-state index is -0.246. The van der Waals surface area contributed by atoms with Crippen molar-refractivity contribution in [2.45, 2.75) is 19.4 Å². The van der Waals surface area contributed by atoms with Crippen molar-refractivity contribution in [1.29, 1.82) is 0 Å². The highest BCUT2D eigenvalue weighted by atomic mass is 79.9. The molecule has 0 saturated heterocycles. The number of benzene rings is 1. The molecule has 1 aromatic heterocycles. The molecule has 0 saturated carbocycles. The lowest BCUT2D eigenvalue weighted by molar-refractivity contribution is 0.118. The molecular formula is C15H15BrFNO. The summed E-state index contributed by atoms with van der Waals surface area (Å²) in [5, 5.41) is 0. The molecule has 100 valence electrons. The second kappa shape index (κ2) is 7.36. The third kappa shape index (κ3) is 5.09. The summed E-state index contributed by atoms with van der Waals surface area (Å²) in [7, 11) is 0. The number of rotatable bonds is 6. The van der Waals surface area contributed by atoms with Gasteiger partial charge in [-0.15, -0.1) is 0 Å². The van der Waals surface area contributed by atoms with Crippen LogP contribution in [0.4, 0.5) is 4.39 Å². The van der Waals surface area contributed by atoms with E-state index in [-0.39, 0.29) is 5.82 Å². The highest BCUT2D eigenvalue weighted by Crippen LogP contribution is 2.15. The van der Waals surface area contributed by atoms with Gasteiger partial charge in [-0.3, -0.25) is 4.98 Å². The zero-order valence-corrected chi connectivity index (χ0v) is 12.1. The van der Waals surface area contributed by atoms with Crippen molar-refractivity contribution in [3.63, 3.8) is 0 Å². The number of hydrogen-bond donors (Lipinski definition) is 0. The lowest BCUT2D eigenvalue weighted by Gasteiger charge is -2.05. The third-order valence-electron chi connectivity index (χ3n) is 2.69. The summed E-state index contributed by atoms with van der Waals surface area (Å²) < 4.78 is 19.4. The molecule has 0 aliphatic carbocycles. The summed E-state index contributed by atoms with van der Waals surface area (Å²) >= 11 is 3.26. The fraction of sp³-hybridized carbons (Fsp3) is 0.267. The van der Waals surface area contributed by atoms with Gasteiger partial charge in [0.15, 0.2) is 0 Å². The van der Waals surface area contributed by atoms with Crippen LogP contribution in [0.1, 0.15) is 17.5 Å². The third-order valence-corrected chi connectivity index (χ3v) is 3.15. The molecule has 19 heavy (non-hydrogen) atoms. The van der Waals surface area contributed by atoms with Crippen LogP contribution in [0, 0.1) is 5.82 Å². The number of hydrogen-bond acceptors (Lipinski definition) is 2. The van der Waals surface area contributed by atoms with Crippen LogP contribution in [0.5, 0.6) is 0 Å². The minimum Gasteiger partial charge on any atom is -0.377 e. The van der Waals surface area contributed by atoms with Crippen LogP contribution in [0.15, 0.2) is 47.2 Å². The van der Waals surface area contributed by atoms with Crippen molar-refractivity contribution in [3.05, 3.63) is 64.1 Å². The van der Waals surface area contributed by atoms with Crippen molar-refractivity contribution in [1.82, 2.24) is 4.98 Å². The number of aryl methyl sites for hydroxylation is 1. The zero-order chi connectivity index (χ0) is 13.5. The maximum Gasteiger partial charge on any atom is 0.124 e. The minimum absolute atomic E-state index is 0.246. The number of halogens is 2. The lowest BCUT2D eigenvalue weighted by Crippen LogP contribution is -1.98. The van der Waals surface area contributed by atoms with E-state index in [1.165, 1.54) is 17.7 Å². The predicted molar refractivity (Wildman–Crippen MR) is 76.3 cm³/mol. The molecule has 2 rings (SSSR count). The first-order valence-electron chi connectivity index (χ1n) is 6.15. The summed E-state index contributed by atoms with van der Waals surface area (Å²) in [5.41, 5.74) is 2.10. The Morgan fingerprint density at radius 2 is 1.89 bits per heavy atom. The quantitative estimate of drug-likeness (QED) is 0.745. The first-order chi connectivity index (χ1) is 9.24. The number of nitrogens with zero attached hydrogens (tertiary/aromatic N) is 1. The molecule has 1 aromatic carbocycles. The van der Waals surface area contributed by atoms with Crippen LogP contribution in [-0.4, -0.2) is 11.6 Å². The van der Waals surface area contributed by atoms with Gasteiger partial charge in [-0.1, -0.05) is 15.9 Å². The second-order valence-corrected chi connectivity index (χ2v) is 5.20. The van der Waals surface area contributed by atoms with Gasteiger partial charge >= 0.3 is 0 Å². The highest BCUT2D eigenvalue weighted by molar-refractivity contribution is 9.10. The number of ether oxygens (including phenoxy) is 1. The van der Waals surface area contributed by atoms with E-state index in [0.717, 1.165) is 22.9 Å². The monoisotopic (exact) mass is 323 g/mol. The summed E-state index contributed by atoms with van der Waals surface area (Å²) in [6.45, 7) is 1.10. The van der Waals surface area contributed by atoms with E-state index in [2.05, 4.69) is 20.9 Å². The molecule has 2 aromatic rings. The molecule has 4 heteroatoms. The number of pyridine rings is 1. The van der Waals surface area contributed by atoms with Gasteiger partial charge in [0.2, 0.25) is 0 Å². The van der Waals surface area contributed by atoms with Crippen LogP contribution < -0.4 is 0 Å². The SMILES string of the molecule is Fc1cc(Br)cc(COCCCc2ccncc2)c1. The van der Waals surface area contributed by atoms with Crippen molar-refractivity contribution < 1.29 is 9.13 Å². The van der Waals surface area contributed by atoms with Crippen molar-refractivity contribution in [2.24, 2.45) is 0 Å². The molecule has 0 spiro atoms. The molecule has 0 amide bonds. The Labute approximate surface area is 120 Å². The van der Waals surface area contributed by atoms with Crippen LogP contribution in [-0.2, 0) is 17.8 Å². The van der Waals surface area contributed by atoms with Crippen LogP contribution in [0.3, 0.4) is 0 Å². The summed E-state index contributed by atoms with van der Waals surface area (Å²) in [6, 6.07) is 8.81. The van der Waals surface area contributed by atoms with E-state index in [1.807, 2.05) is 18.2 Å². The Morgan fingerprint density at radius 1 is 1.11 bits per heavy atom. The lowest BCUT2D eigenvalue weighted by atomic mass is 10.1. The Morgan fingerprint density at radius 3 is 2.63 bits per heavy atom. The fourth-order valence-corrected chi connectivity index (χ4v) is 2.32. The van der Waals surface area contributed by atoms with E-state index in [1.54, 1.807) is 12.4 Å². The van der Waals surface area contributed by atoms with Crippen LogP contribution >= 0.6 is 15.9 Å². The zero-order valence-electron chi connectivity index (χ0n) is 10.5. The van der Waals surface area contributed by atoms with E-state index >= 15 is 0 Å². The van der Waals surface area contributed by atoms with E-state index in [9.17, 15) is 4.39 Å².